The number of rotatable bonds is 6. The van der Waals surface area contributed by atoms with Gasteiger partial charge in [-0.2, -0.15) is 0 Å². The lowest BCUT2D eigenvalue weighted by Gasteiger charge is -2.22. The number of carbonyl (C=O) groups excluding carboxylic acids is 1. The number of benzene rings is 1. The summed E-state index contributed by atoms with van der Waals surface area (Å²) in [5.74, 6) is -0.470. The van der Waals surface area contributed by atoms with E-state index in [1.165, 1.54) is 18.2 Å². The molecule has 0 saturated carbocycles. The third-order valence-electron chi connectivity index (χ3n) is 3.02. The molecular weight excluding hydrogens is 373 g/mol. The van der Waals surface area contributed by atoms with Gasteiger partial charge in [-0.25, -0.2) is 8.42 Å². The molecule has 0 aliphatic heterocycles. The molecule has 2 aromatic rings. The number of amides is 1. The first-order valence-corrected chi connectivity index (χ1v) is 9.46. The zero-order valence-corrected chi connectivity index (χ0v) is 15.1. The van der Waals surface area contributed by atoms with Gasteiger partial charge in [0.1, 0.15) is 6.54 Å². The van der Waals surface area contributed by atoms with Crippen molar-refractivity contribution < 1.29 is 13.2 Å². The van der Waals surface area contributed by atoms with Crippen LogP contribution in [0, 0.1) is 0 Å². The van der Waals surface area contributed by atoms with Gasteiger partial charge in [0.25, 0.3) is 0 Å². The highest BCUT2D eigenvalue weighted by Crippen LogP contribution is 2.26. The minimum absolute atomic E-state index is 0.202. The molecule has 0 fully saturated rings. The van der Waals surface area contributed by atoms with E-state index in [0.717, 1.165) is 10.6 Å². The maximum atomic E-state index is 12.1. The molecule has 1 amide bonds. The van der Waals surface area contributed by atoms with E-state index in [4.69, 9.17) is 23.2 Å². The average Bonchev–Trinajstić information content (AvgIpc) is 2.49. The van der Waals surface area contributed by atoms with Crippen molar-refractivity contribution in [2.75, 3.05) is 17.1 Å². The Hall–Kier alpha value is -1.83. The summed E-state index contributed by atoms with van der Waals surface area (Å²) in [6.07, 6.45) is 2.62. The van der Waals surface area contributed by atoms with Crippen molar-refractivity contribution in [2.24, 2.45) is 0 Å². The molecule has 9 heteroatoms. The molecule has 1 heterocycles. The third-order valence-corrected chi connectivity index (χ3v) is 4.59. The number of aromatic nitrogens is 1. The van der Waals surface area contributed by atoms with Gasteiger partial charge in [0.05, 0.1) is 24.2 Å². The minimum atomic E-state index is -3.69. The van der Waals surface area contributed by atoms with Crippen LogP contribution in [0.15, 0.2) is 42.6 Å². The summed E-state index contributed by atoms with van der Waals surface area (Å²) in [5.41, 5.74) is 0.894. The second kappa shape index (κ2) is 7.83. The van der Waals surface area contributed by atoms with Crippen LogP contribution in [0.2, 0.25) is 10.0 Å². The fraction of sp³-hybridized carbons (Fsp3) is 0.200. The van der Waals surface area contributed by atoms with E-state index < -0.39 is 15.9 Å². The number of pyridine rings is 1. The molecule has 0 spiro atoms. The molecule has 0 unspecified atom stereocenters. The summed E-state index contributed by atoms with van der Waals surface area (Å²) in [7, 11) is -3.69. The molecule has 1 aromatic heterocycles. The minimum Gasteiger partial charge on any atom is -0.349 e. The normalized spacial score (nSPS) is 11.1. The van der Waals surface area contributed by atoms with Crippen LogP contribution in [0.5, 0.6) is 0 Å². The Bertz CT molecular complexity index is 809. The number of hydrogen-bond donors (Lipinski definition) is 1. The van der Waals surface area contributed by atoms with Crippen LogP contribution in [0.4, 0.5) is 5.69 Å². The van der Waals surface area contributed by atoms with Crippen molar-refractivity contribution in [1.29, 1.82) is 0 Å². The van der Waals surface area contributed by atoms with Crippen LogP contribution in [-0.2, 0) is 21.4 Å². The maximum Gasteiger partial charge on any atom is 0.241 e. The van der Waals surface area contributed by atoms with Gasteiger partial charge in [-0.15, -0.1) is 0 Å². The summed E-state index contributed by atoms with van der Waals surface area (Å²) < 4.78 is 25.0. The molecule has 6 nitrogen and oxygen atoms in total. The van der Waals surface area contributed by atoms with Crippen molar-refractivity contribution in [3.63, 3.8) is 0 Å². The van der Waals surface area contributed by atoms with Gasteiger partial charge in [-0.05, 0) is 30.3 Å². The van der Waals surface area contributed by atoms with Gasteiger partial charge in [-0.3, -0.25) is 14.1 Å². The molecule has 0 aliphatic rings. The number of nitrogens with one attached hydrogen (secondary N) is 1. The predicted molar refractivity (Wildman–Crippen MR) is 94.7 cm³/mol. The van der Waals surface area contributed by atoms with Crippen LogP contribution in [0.3, 0.4) is 0 Å². The zero-order chi connectivity index (χ0) is 17.7. The molecule has 1 N–H and O–H groups in total. The number of sulfonamides is 1. The van der Waals surface area contributed by atoms with E-state index in [9.17, 15) is 13.2 Å². The lowest BCUT2D eigenvalue weighted by molar-refractivity contribution is -0.119. The molecule has 0 atom stereocenters. The quantitative estimate of drug-likeness (QED) is 0.825. The summed E-state index contributed by atoms with van der Waals surface area (Å²) >= 11 is 11.8. The van der Waals surface area contributed by atoms with Gasteiger partial charge < -0.3 is 5.32 Å². The lowest BCUT2D eigenvalue weighted by atomic mass is 10.3. The molecule has 0 bridgehead atoms. The first kappa shape index (κ1) is 18.5. The van der Waals surface area contributed by atoms with E-state index in [0.29, 0.717) is 5.69 Å². The predicted octanol–water partition coefficient (Wildman–Crippen LogP) is 2.47. The van der Waals surface area contributed by atoms with E-state index in [2.05, 4.69) is 10.3 Å². The fourth-order valence-corrected chi connectivity index (χ4v) is 3.32. The average molecular weight is 388 g/mol. The monoisotopic (exact) mass is 387 g/mol. The van der Waals surface area contributed by atoms with Crippen LogP contribution < -0.4 is 9.62 Å². The Labute approximate surface area is 150 Å². The number of carbonyl (C=O) groups is 1. The van der Waals surface area contributed by atoms with E-state index in [1.807, 2.05) is 0 Å². The number of hydrogen-bond acceptors (Lipinski definition) is 4. The van der Waals surface area contributed by atoms with Crippen molar-refractivity contribution >= 4 is 44.8 Å². The first-order valence-electron chi connectivity index (χ1n) is 6.86. The summed E-state index contributed by atoms with van der Waals surface area (Å²) in [4.78, 5) is 16.2. The van der Waals surface area contributed by atoms with E-state index in [1.54, 1.807) is 24.4 Å². The topological polar surface area (TPSA) is 79.4 Å². The fourth-order valence-electron chi connectivity index (χ4n) is 1.96. The van der Waals surface area contributed by atoms with Crippen molar-refractivity contribution in [1.82, 2.24) is 10.3 Å². The number of nitrogens with zero attached hydrogens (tertiary/aromatic N) is 2. The molecule has 128 valence electrons. The molecule has 0 aliphatic carbocycles. The molecule has 24 heavy (non-hydrogen) atoms. The maximum absolute atomic E-state index is 12.1. The molecule has 2 rings (SSSR count). The SMILES string of the molecule is CS(=O)(=O)N(CC(=O)NCc1ccccn1)c1cc(Cl)cc(Cl)c1. The van der Waals surface area contributed by atoms with Crippen LogP contribution in [0.25, 0.3) is 0 Å². The van der Waals surface area contributed by atoms with Gasteiger partial charge >= 0.3 is 0 Å². The van der Waals surface area contributed by atoms with E-state index in [-0.39, 0.29) is 28.8 Å². The van der Waals surface area contributed by atoms with Gasteiger partial charge in [0.15, 0.2) is 0 Å². The van der Waals surface area contributed by atoms with Crippen LogP contribution >= 0.6 is 23.2 Å². The third kappa shape index (κ3) is 5.36. The van der Waals surface area contributed by atoms with Gasteiger partial charge in [0, 0.05) is 16.2 Å². The van der Waals surface area contributed by atoms with Gasteiger partial charge in [0.2, 0.25) is 15.9 Å². The Balaban J connectivity index is 2.13. The van der Waals surface area contributed by atoms with Gasteiger partial charge in [-0.1, -0.05) is 29.3 Å². The summed E-state index contributed by atoms with van der Waals surface area (Å²) in [6.45, 7) is -0.185. The standard InChI is InChI=1S/C15H15Cl2N3O3S/c1-24(22,23)20(14-7-11(16)6-12(17)8-14)10-15(21)19-9-13-4-2-3-5-18-13/h2-8H,9-10H2,1H3,(H,19,21). The Morgan fingerprint density at radius 1 is 1.21 bits per heavy atom. The number of halogens is 2. The Kier molecular flexibility index (Phi) is 6.04. The largest absolute Gasteiger partial charge is 0.349 e. The highest BCUT2D eigenvalue weighted by molar-refractivity contribution is 7.92. The Morgan fingerprint density at radius 3 is 2.42 bits per heavy atom. The highest BCUT2D eigenvalue weighted by atomic mass is 35.5. The highest BCUT2D eigenvalue weighted by Gasteiger charge is 2.21. The van der Waals surface area contributed by atoms with Crippen molar-refractivity contribution in [3.8, 4) is 0 Å². The second-order valence-corrected chi connectivity index (χ2v) is 7.77. The molecule has 0 radical (unpaired) electrons. The van der Waals surface area contributed by atoms with Crippen LogP contribution in [-0.4, -0.2) is 32.1 Å². The first-order chi connectivity index (χ1) is 11.3. The Morgan fingerprint density at radius 2 is 1.88 bits per heavy atom. The second-order valence-electron chi connectivity index (χ2n) is 5.00. The van der Waals surface area contributed by atoms with Crippen molar-refractivity contribution in [3.05, 3.63) is 58.3 Å². The van der Waals surface area contributed by atoms with E-state index >= 15 is 0 Å². The van der Waals surface area contributed by atoms with Crippen molar-refractivity contribution in [2.45, 2.75) is 6.54 Å². The number of anilines is 1. The molecule has 0 saturated heterocycles. The van der Waals surface area contributed by atoms with Crippen LogP contribution in [0.1, 0.15) is 5.69 Å². The smallest absolute Gasteiger partial charge is 0.241 e. The zero-order valence-electron chi connectivity index (χ0n) is 12.7. The molecule has 1 aromatic carbocycles. The molecular formula is C15H15Cl2N3O3S. The lowest BCUT2D eigenvalue weighted by Crippen LogP contribution is -2.40. The summed E-state index contributed by atoms with van der Waals surface area (Å²) in [6, 6.07) is 9.66. The summed E-state index contributed by atoms with van der Waals surface area (Å²) in [5, 5.41) is 3.18.